The molecule has 0 amide bonds. The maximum absolute atomic E-state index is 8.56. The lowest BCUT2D eigenvalue weighted by molar-refractivity contribution is 0.318. The largest absolute Gasteiger partial charge is 0.409 e. The molecule has 94 valence electrons. The zero-order chi connectivity index (χ0) is 13.2. The molecule has 0 bridgehead atoms. The zero-order valence-corrected chi connectivity index (χ0v) is 9.80. The lowest BCUT2D eigenvalue weighted by Gasteiger charge is -2.03. The number of nitrogens with two attached hydrogens (primary N) is 1. The van der Waals surface area contributed by atoms with Crippen molar-refractivity contribution >= 4 is 16.9 Å². The molecule has 0 saturated heterocycles. The third-order valence-corrected chi connectivity index (χ3v) is 2.71. The summed E-state index contributed by atoms with van der Waals surface area (Å²) in [5.74, 6) is 0.540. The molecule has 1 aromatic carbocycles. The summed E-state index contributed by atoms with van der Waals surface area (Å²) < 4.78 is 1.82. The summed E-state index contributed by atoms with van der Waals surface area (Å²) >= 11 is 0. The SMILES string of the molecule is NC(=NO)c1cnc(-n2cnc3ccccc32)cn1. The number of aromatic nitrogens is 4. The average Bonchev–Trinajstić information content (AvgIpc) is 2.90. The van der Waals surface area contributed by atoms with Crippen LogP contribution < -0.4 is 5.73 Å². The highest BCUT2D eigenvalue weighted by Gasteiger charge is 2.07. The number of hydrogen-bond donors (Lipinski definition) is 2. The minimum atomic E-state index is -0.0745. The number of nitrogens with zero attached hydrogens (tertiary/aromatic N) is 5. The molecule has 0 fully saturated rings. The Balaban J connectivity index is 2.07. The summed E-state index contributed by atoms with van der Waals surface area (Å²) in [5, 5.41) is 11.4. The molecule has 3 rings (SSSR count). The maximum Gasteiger partial charge on any atom is 0.190 e. The number of benzene rings is 1. The van der Waals surface area contributed by atoms with Crippen LogP contribution >= 0.6 is 0 Å². The van der Waals surface area contributed by atoms with E-state index in [4.69, 9.17) is 10.9 Å². The van der Waals surface area contributed by atoms with Gasteiger partial charge in [-0.25, -0.2) is 15.0 Å². The molecule has 0 unspecified atom stereocenters. The van der Waals surface area contributed by atoms with E-state index in [-0.39, 0.29) is 5.84 Å². The predicted molar refractivity (Wildman–Crippen MR) is 69.2 cm³/mol. The van der Waals surface area contributed by atoms with Gasteiger partial charge in [-0.05, 0) is 12.1 Å². The molecule has 7 heteroatoms. The number of hydrogen-bond acceptors (Lipinski definition) is 5. The van der Waals surface area contributed by atoms with Crippen LogP contribution in [0, 0.1) is 0 Å². The highest BCUT2D eigenvalue weighted by molar-refractivity contribution is 5.94. The Morgan fingerprint density at radius 3 is 2.74 bits per heavy atom. The molecule has 0 aliphatic heterocycles. The molecule has 3 N–H and O–H groups in total. The second-order valence-corrected chi connectivity index (χ2v) is 3.85. The summed E-state index contributed by atoms with van der Waals surface area (Å²) in [6.07, 6.45) is 4.67. The lowest BCUT2D eigenvalue weighted by atomic mass is 10.3. The molecular formula is C12H10N6O. The first-order chi connectivity index (χ1) is 9.29. The fraction of sp³-hybridized carbons (Fsp3) is 0. The second-order valence-electron chi connectivity index (χ2n) is 3.85. The van der Waals surface area contributed by atoms with Crippen LogP contribution in [-0.4, -0.2) is 30.6 Å². The Kier molecular flexibility index (Phi) is 2.57. The van der Waals surface area contributed by atoms with E-state index in [9.17, 15) is 0 Å². The van der Waals surface area contributed by atoms with Crippen LogP contribution in [0.3, 0.4) is 0 Å². The van der Waals surface area contributed by atoms with E-state index in [1.807, 2.05) is 28.8 Å². The second kappa shape index (κ2) is 4.37. The molecule has 2 aromatic heterocycles. The molecule has 0 aliphatic carbocycles. The van der Waals surface area contributed by atoms with Gasteiger partial charge in [0.1, 0.15) is 12.0 Å². The first-order valence-corrected chi connectivity index (χ1v) is 5.52. The number of amidine groups is 1. The van der Waals surface area contributed by atoms with Gasteiger partial charge >= 0.3 is 0 Å². The van der Waals surface area contributed by atoms with Gasteiger partial charge in [-0.15, -0.1) is 0 Å². The third kappa shape index (κ3) is 1.86. The predicted octanol–water partition coefficient (Wildman–Crippen LogP) is 0.910. The lowest BCUT2D eigenvalue weighted by Crippen LogP contribution is -2.15. The minimum absolute atomic E-state index is 0.0745. The molecule has 7 nitrogen and oxygen atoms in total. The molecular weight excluding hydrogens is 244 g/mol. The van der Waals surface area contributed by atoms with E-state index in [1.54, 1.807) is 12.5 Å². The van der Waals surface area contributed by atoms with Gasteiger partial charge in [-0.3, -0.25) is 4.57 Å². The van der Waals surface area contributed by atoms with E-state index in [1.165, 1.54) is 6.20 Å². The van der Waals surface area contributed by atoms with Crippen molar-refractivity contribution in [3.8, 4) is 5.82 Å². The average molecular weight is 254 g/mol. The fourth-order valence-electron chi connectivity index (χ4n) is 1.77. The van der Waals surface area contributed by atoms with Crippen LogP contribution in [0.15, 0.2) is 48.1 Å². The van der Waals surface area contributed by atoms with Gasteiger partial charge < -0.3 is 10.9 Å². The molecule has 19 heavy (non-hydrogen) atoms. The minimum Gasteiger partial charge on any atom is -0.409 e. The van der Waals surface area contributed by atoms with Gasteiger partial charge in [0.25, 0.3) is 0 Å². The van der Waals surface area contributed by atoms with E-state index in [0.29, 0.717) is 11.5 Å². The van der Waals surface area contributed by atoms with Crippen LogP contribution in [0.25, 0.3) is 16.9 Å². The normalized spacial score (nSPS) is 11.9. The summed E-state index contributed by atoms with van der Waals surface area (Å²) in [4.78, 5) is 12.6. The highest BCUT2D eigenvalue weighted by atomic mass is 16.4. The molecule has 0 atom stereocenters. The van der Waals surface area contributed by atoms with Crippen molar-refractivity contribution in [2.24, 2.45) is 10.9 Å². The van der Waals surface area contributed by atoms with Crippen LogP contribution in [0.5, 0.6) is 0 Å². The van der Waals surface area contributed by atoms with E-state index in [0.717, 1.165) is 11.0 Å². The molecule has 0 radical (unpaired) electrons. The first kappa shape index (κ1) is 11.1. The first-order valence-electron chi connectivity index (χ1n) is 5.52. The highest BCUT2D eigenvalue weighted by Crippen LogP contribution is 2.15. The van der Waals surface area contributed by atoms with Crippen molar-refractivity contribution in [2.45, 2.75) is 0 Å². The number of fused-ring (bicyclic) bond motifs is 1. The number of imidazole rings is 1. The van der Waals surface area contributed by atoms with Crippen molar-refractivity contribution < 1.29 is 5.21 Å². The Labute approximate surface area is 108 Å². The Morgan fingerprint density at radius 1 is 1.16 bits per heavy atom. The Hall–Kier alpha value is -2.96. The van der Waals surface area contributed by atoms with Crippen LogP contribution in [0.1, 0.15) is 5.69 Å². The van der Waals surface area contributed by atoms with Gasteiger partial charge in [0.2, 0.25) is 0 Å². The number of oxime groups is 1. The van der Waals surface area contributed by atoms with Crippen molar-refractivity contribution in [1.29, 1.82) is 0 Å². The quantitative estimate of drug-likeness (QED) is 0.306. The summed E-state index contributed by atoms with van der Waals surface area (Å²) in [7, 11) is 0. The van der Waals surface area contributed by atoms with Crippen LogP contribution in [-0.2, 0) is 0 Å². The Morgan fingerprint density at radius 2 is 2.00 bits per heavy atom. The van der Waals surface area contributed by atoms with Crippen molar-refractivity contribution in [3.05, 3.63) is 48.7 Å². The van der Waals surface area contributed by atoms with Gasteiger partial charge in [0.05, 0.1) is 23.4 Å². The van der Waals surface area contributed by atoms with Crippen LogP contribution in [0.2, 0.25) is 0 Å². The fourth-order valence-corrected chi connectivity index (χ4v) is 1.77. The summed E-state index contributed by atoms with van der Waals surface area (Å²) in [6, 6.07) is 7.72. The molecule has 2 heterocycles. The monoisotopic (exact) mass is 254 g/mol. The van der Waals surface area contributed by atoms with E-state index >= 15 is 0 Å². The molecule has 0 spiro atoms. The summed E-state index contributed by atoms with van der Waals surface area (Å²) in [5.41, 5.74) is 7.57. The maximum atomic E-state index is 8.56. The smallest absolute Gasteiger partial charge is 0.190 e. The van der Waals surface area contributed by atoms with Crippen molar-refractivity contribution in [2.75, 3.05) is 0 Å². The van der Waals surface area contributed by atoms with Gasteiger partial charge in [0.15, 0.2) is 11.7 Å². The third-order valence-electron chi connectivity index (χ3n) is 2.71. The summed E-state index contributed by atoms with van der Waals surface area (Å²) in [6.45, 7) is 0. The van der Waals surface area contributed by atoms with E-state index in [2.05, 4.69) is 20.1 Å². The van der Waals surface area contributed by atoms with Crippen molar-refractivity contribution in [1.82, 2.24) is 19.5 Å². The molecule has 0 saturated carbocycles. The molecule has 3 aromatic rings. The molecule has 0 aliphatic rings. The number of rotatable bonds is 2. The zero-order valence-electron chi connectivity index (χ0n) is 9.80. The van der Waals surface area contributed by atoms with Gasteiger partial charge in [0, 0.05) is 0 Å². The van der Waals surface area contributed by atoms with Crippen molar-refractivity contribution in [3.63, 3.8) is 0 Å². The van der Waals surface area contributed by atoms with Crippen LogP contribution in [0.4, 0.5) is 0 Å². The number of para-hydroxylation sites is 2. The van der Waals surface area contributed by atoms with Gasteiger partial charge in [-0.1, -0.05) is 17.3 Å². The van der Waals surface area contributed by atoms with Gasteiger partial charge in [-0.2, -0.15) is 0 Å². The Bertz CT molecular complexity index is 746. The topological polar surface area (TPSA) is 102 Å². The van der Waals surface area contributed by atoms with E-state index < -0.39 is 0 Å². The standard InChI is InChI=1S/C12H10N6O/c13-12(17-19)9-5-15-11(6-14-9)18-7-16-8-3-1-2-4-10(8)18/h1-7,19H,(H2,13,17).